The van der Waals surface area contributed by atoms with Gasteiger partial charge in [0.1, 0.15) is 11.5 Å². The fraction of sp³-hybridized carbons (Fsp3) is 0.0588. The van der Waals surface area contributed by atoms with Crippen LogP contribution in [0.2, 0.25) is 5.02 Å². The molecule has 0 aromatic heterocycles. The van der Waals surface area contributed by atoms with Crippen molar-refractivity contribution >= 4 is 22.4 Å². The Morgan fingerprint density at radius 3 is 2.20 bits per heavy atom. The second-order valence-corrected chi connectivity index (χ2v) is 4.91. The molecule has 0 saturated heterocycles. The summed E-state index contributed by atoms with van der Waals surface area (Å²) in [6.07, 6.45) is 0. The highest BCUT2D eigenvalue weighted by Gasteiger charge is 1.97. The summed E-state index contributed by atoms with van der Waals surface area (Å²) < 4.78 is 0. The van der Waals surface area contributed by atoms with Crippen molar-refractivity contribution in [1.29, 1.82) is 0 Å². The molecule has 0 radical (unpaired) electrons. The molecule has 0 spiro atoms. The molecular weight excluding hydrogens is 272 g/mol. The van der Waals surface area contributed by atoms with Crippen molar-refractivity contribution in [2.75, 3.05) is 0 Å². The van der Waals surface area contributed by atoms with Crippen LogP contribution in [0.3, 0.4) is 0 Å². The monoisotopic (exact) mass is 286 g/mol. The number of hydrogen-bond donors (Lipinski definition) is 2. The summed E-state index contributed by atoms with van der Waals surface area (Å²) >= 11 is 5.79. The number of phenolic OH excluding ortho intramolecular Hbond substituents is 2. The third-order valence-corrected chi connectivity index (χ3v) is 3.09. The van der Waals surface area contributed by atoms with Crippen molar-refractivity contribution in [2.24, 2.45) is 0 Å². The van der Waals surface area contributed by atoms with E-state index in [0.717, 1.165) is 10.8 Å². The van der Waals surface area contributed by atoms with Crippen LogP contribution in [0.5, 0.6) is 11.5 Å². The molecule has 0 aliphatic carbocycles. The minimum atomic E-state index is 0.296. The van der Waals surface area contributed by atoms with Gasteiger partial charge in [-0.15, -0.1) is 0 Å². The second kappa shape index (κ2) is 6.31. The number of rotatable bonds is 0. The first kappa shape index (κ1) is 14.2. The number of benzene rings is 3. The number of phenols is 2. The molecule has 0 heterocycles. The highest BCUT2D eigenvalue weighted by molar-refractivity contribution is 6.31. The number of fused-ring (bicyclic) bond motifs is 1. The fourth-order valence-electron chi connectivity index (χ4n) is 1.78. The molecule has 0 aliphatic rings. The summed E-state index contributed by atoms with van der Waals surface area (Å²) in [7, 11) is 0. The van der Waals surface area contributed by atoms with Crippen LogP contribution >= 0.6 is 11.6 Å². The largest absolute Gasteiger partial charge is 0.508 e. The molecular formula is C17H15ClO2. The Kier molecular flexibility index (Phi) is 4.49. The standard InChI is InChI=1S/C10H7ClO.C7H8O/c11-8-4-5-9-7(6-8)2-1-3-10(9)12;1-6-2-4-7(8)5-3-6/h1-6,12H;2-5,8H,1H3. The van der Waals surface area contributed by atoms with E-state index in [0.29, 0.717) is 16.5 Å². The Bertz CT molecular complexity index is 685. The van der Waals surface area contributed by atoms with Gasteiger partial charge in [0.05, 0.1) is 0 Å². The summed E-state index contributed by atoms with van der Waals surface area (Å²) in [5.41, 5.74) is 1.17. The molecule has 3 aromatic rings. The lowest BCUT2D eigenvalue weighted by molar-refractivity contribution is 0.475. The summed E-state index contributed by atoms with van der Waals surface area (Å²) in [4.78, 5) is 0. The Hall–Kier alpha value is -2.19. The van der Waals surface area contributed by atoms with Gasteiger partial charge in [0.15, 0.2) is 0 Å². The van der Waals surface area contributed by atoms with Crippen LogP contribution in [-0.4, -0.2) is 10.2 Å². The number of hydrogen-bond acceptors (Lipinski definition) is 2. The van der Waals surface area contributed by atoms with Gasteiger partial charge < -0.3 is 10.2 Å². The average Bonchev–Trinajstić information content (AvgIpc) is 2.43. The van der Waals surface area contributed by atoms with Crippen molar-refractivity contribution < 1.29 is 10.2 Å². The first-order valence-corrected chi connectivity index (χ1v) is 6.57. The Labute approximate surface area is 122 Å². The predicted molar refractivity (Wildman–Crippen MR) is 83.5 cm³/mol. The average molecular weight is 287 g/mol. The normalized spacial score (nSPS) is 9.90. The van der Waals surface area contributed by atoms with Crippen molar-refractivity contribution in [3.63, 3.8) is 0 Å². The third-order valence-electron chi connectivity index (χ3n) is 2.85. The molecule has 0 atom stereocenters. The second-order valence-electron chi connectivity index (χ2n) is 4.48. The molecule has 2 N–H and O–H groups in total. The van der Waals surface area contributed by atoms with E-state index in [1.165, 1.54) is 5.56 Å². The van der Waals surface area contributed by atoms with E-state index in [1.54, 1.807) is 30.3 Å². The lowest BCUT2D eigenvalue weighted by Gasteiger charge is -1.99. The SMILES string of the molecule is Cc1ccc(O)cc1.Oc1cccc2cc(Cl)ccc12. The summed E-state index contributed by atoms with van der Waals surface area (Å²) in [5.74, 6) is 0.625. The molecule has 0 bridgehead atoms. The molecule has 20 heavy (non-hydrogen) atoms. The van der Waals surface area contributed by atoms with E-state index >= 15 is 0 Å². The minimum Gasteiger partial charge on any atom is -0.508 e. The van der Waals surface area contributed by atoms with Crippen LogP contribution in [0.1, 0.15) is 5.56 Å². The van der Waals surface area contributed by atoms with E-state index in [1.807, 2.05) is 37.3 Å². The van der Waals surface area contributed by atoms with Crippen LogP contribution < -0.4 is 0 Å². The van der Waals surface area contributed by atoms with E-state index in [2.05, 4.69) is 0 Å². The van der Waals surface area contributed by atoms with Crippen molar-refractivity contribution in [3.05, 3.63) is 71.2 Å². The molecule has 0 unspecified atom stereocenters. The molecule has 0 fully saturated rings. The van der Waals surface area contributed by atoms with Crippen molar-refractivity contribution in [1.82, 2.24) is 0 Å². The molecule has 102 valence electrons. The summed E-state index contributed by atoms with van der Waals surface area (Å²) in [6.45, 7) is 1.99. The van der Waals surface area contributed by atoms with E-state index in [9.17, 15) is 5.11 Å². The Balaban J connectivity index is 0.000000160. The fourth-order valence-corrected chi connectivity index (χ4v) is 1.96. The first-order chi connectivity index (χ1) is 9.56. The Morgan fingerprint density at radius 2 is 1.55 bits per heavy atom. The number of aromatic hydroxyl groups is 2. The van der Waals surface area contributed by atoms with E-state index < -0.39 is 0 Å². The smallest absolute Gasteiger partial charge is 0.123 e. The van der Waals surface area contributed by atoms with Crippen molar-refractivity contribution in [3.8, 4) is 11.5 Å². The Morgan fingerprint density at radius 1 is 0.850 bits per heavy atom. The molecule has 0 aliphatic heterocycles. The maximum Gasteiger partial charge on any atom is 0.123 e. The topological polar surface area (TPSA) is 40.5 Å². The first-order valence-electron chi connectivity index (χ1n) is 6.19. The van der Waals surface area contributed by atoms with Gasteiger partial charge >= 0.3 is 0 Å². The molecule has 2 nitrogen and oxygen atoms in total. The highest BCUT2D eigenvalue weighted by Crippen LogP contribution is 2.26. The molecule has 0 saturated carbocycles. The maximum absolute atomic E-state index is 9.42. The zero-order valence-corrected chi connectivity index (χ0v) is 11.8. The lowest BCUT2D eigenvalue weighted by Crippen LogP contribution is -1.72. The van der Waals surface area contributed by atoms with Crippen molar-refractivity contribution in [2.45, 2.75) is 6.92 Å². The van der Waals surface area contributed by atoms with Gasteiger partial charge in [0.25, 0.3) is 0 Å². The van der Waals surface area contributed by atoms with Gasteiger partial charge in [-0.3, -0.25) is 0 Å². The van der Waals surface area contributed by atoms with Crippen LogP contribution in [0, 0.1) is 6.92 Å². The molecule has 3 aromatic carbocycles. The van der Waals surface area contributed by atoms with Gasteiger partial charge in [0.2, 0.25) is 0 Å². The van der Waals surface area contributed by atoms with Crippen LogP contribution in [0.25, 0.3) is 10.8 Å². The lowest BCUT2D eigenvalue weighted by atomic mass is 10.1. The van der Waals surface area contributed by atoms with Gasteiger partial charge in [-0.05, 0) is 48.7 Å². The zero-order chi connectivity index (χ0) is 14.5. The van der Waals surface area contributed by atoms with Gasteiger partial charge in [-0.1, -0.05) is 41.4 Å². The molecule has 3 rings (SSSR count). The number of halogens is 1. The van der Waals surface area contributed by atoms with E-state index in [4.69, 9.17) is 16.7 Å². The van der Waals surface area contributed by atoms with Gasteiger partial charge in [-0.2, -0.15) is 0 Å². The summed E-state index contributed by atoms with van der Waals surface area (Å²) in [6, 6.07) is 17.9. The minimum absolute atomic E-state index is 0.296. The molecule has 3 heteroatoms. The third kappa shape index (κ3) is 3.65. The molecule has 0 amide bonds. The van der Waals surface area contributed by atoms with Crippen LogP contribution in [0.4, 0.5) is 0 Å². The van der Waals surface area contributed by atoms with Crippen LogP contribution in [0.15, 0.2) is 60.7 Å². The predicted octanol–water partition coefficient (Wildman–Crippen LogP) is 4.90. The number of aryl methyl sites for hydroxylation is 1. The summed E-state index contributed by atoms with van der Waals surface area (Å²) in [5, 5.41) is 20.7. The van der Waals surface area contributed by atoms with Gasteiger partial charge in [-0.25, -0.2) is 0 Å². The highest BCUT2D eigenvalue weighted by atomic mass is 35.5. The van der Waals surface area contributed by atoms with Crippen LogP contribution in [-0.2, 0) is 0 Å². The quantitative estimate of drug-likeness (QED) is 0.617. The zero-order valence-electron chi connectivity index (χ0n) is 11.0. The maximum atomic E-state index is 9.42. The van der Waals surface area contributed by atoms with Gasteiger partial charge in [0, 0.05) is 10.4 Å². The van der Waals surface area contributed by atoms with E-state index in [-0.39, 0.29) is 0 Å².